The van der Waals surface area contributed by atoms with Gasteiger partial charge in [0.05, 0.1) is 23.2 Å². The van der Waals surface area contributed by atoms with Crippen molar-refractivity contribution < 1.29 is 32.2 Å². The van der Waals surface area contributed by atoms with Crippen molar-refractivity contribution in [3.05, 3.63) is 52.8 Å². The number of hydrogen-bond acceptors (Lipinski definition) is 6. The number of carboxylic acid groups (broad SMARTS) is 1. The van der Waals surface area contributed by atoms with Crippen molar-refractivity contribution in [3.8, 4) is 5.75 Å². The number of rotatable bonds is 8. The van der Waals surface area contributed by atoms with E-state index in [2.05, 4.69) is 9.62 Å². The molecule has 2 aliphatic heterocycles. The number of fused-ring (bicyclic) bond motifs is 3. The molecule has 1 saturated carbocycles. The lowest BCUT2D eigenvalue weighted by Crippen LogP contribution is -2.43. The Kier molecular flexibility index (Phi) is 6.61. The SMILES string of the molecule is CCN1CCC[C@@H]1C(=O)N(C)Cc1cc(F)ccc1S(=O)(=O)Nc1ccc2c(c1C(=O)O)OC[C@@H]1C[C@H]21. The Balaban J connectivity index is 1.44. The van der Waals surface area contributed by atoms with Gasteiger partial charge in [0.15, 0.2) is 0 Å². The van der Waals surface area contributed by atoms with Crippen LogP contribution in [0.5, 0.6) is 5.75 Å². The third-order valence-electron chi connectivity index (χ3n) is 7.56. The molecule has 9 nitrogen and oxygen atoms in total. The van der Waals surface area contributed by atoms with Crippen LogP contribution in [0.2, 0.25) is 0 Å². The highest BCUT2D eigenvalue weighted by molar-refractivity contribution is 7.92. The molecule has 2 aromatic rings. The van der Waals surface area contributed by atoms with E-state index in [-0.39, 0.29) is 51.9 Å². The lowest BCUT2D eigenvalue weighted by Gasteiger charge is -2.27. The first-order chi connectivity index (χ1) is 17.6. The molecule has 198 valence electrons. The first-order valence-corrected chi connectivity index (χ1v) is 13.9. The fourth-order valence-electron chi connectivity index (χ4n) is 5.55. The molecule has 0 radical (unpaired) electrons. The molecule has 1 saturated heterocycles. The summed E-state index contributed by atoms with van der Waals surface area (Å²) in [5, 5.41) is 9.89. The average molecular weight is 532 g/mol. The van der Waals surface area contributed by atoms with Crippen LogP contribution in [0.25, 0.3) is 0 Å². The Labute approximate surface area is 215 Å². The minimum absolute atomic E-state index is 0.0938. The first-order valence-electron chi connectivity index (χ1n) is 12.4. The number of aromatic carboxylic acids is 1. The molecule has 1 amide bonds. The molecule has 2 fully saturated rings. The Morgan fingerprint density at radius 1 is 1.27 bits per heavy atom. The van der Waals surface area contributed by atoms with Crippen LogP contribution in [0.4, 0.5) is 10.1 Å². The molecule has 11 heteroatoms. The maximum absolute atomic E-state index is 14.2. The maximum Gasteiger partial charge on any atom is 0.341 e. The number of anilines is 1. The number of carbonyl (C=O) groups excluding carboxylic acids is 1. The third-order valence-corrected chi connectivity index (χ3v) is 9.03. The minimum Gasteiger partial charge on any atom is -0.492 e. The van der Waals surface area contributed by atoms with Crippen molar-refractivity contribution in [2.45, 2.75) is 49.6 Å². The Bertz CT molecular complexity index is 1360. The first kappa shape index (κ1) is 25.5. The highest BCUT2D eigenvalue weighted by atomic mass is 32.2. The molecule has 3 atom stereocenters. The zero-order chi connectivity index (χ0) is 26.5. The molecular formula is C26H30FN3O6S. The lowest BCUT2D eigenvalue weighted by molar-refractivity contribution is -0.135. The van der Waals surface area contributed by atoms with Crippen LogP contribution in [-0.4, -0.2) is 68.0 Å². The van der Waals surface area contributed by atoms with Gasteiger partial charge >= 0.3 is 5.97 Å². The summed E-state index contributed by atoms with van der Waals surface area (Å²) in [5.41, 5.74) is 0.487. The molecule has 0 bridgehead atoms. The standard InChI is InChI=1S/C26H30FN3O6S/c1-3-30-10-4-5-21(30)25(31)29(2)13-15-11-17(27)6-9-22(15)37(34,35)28-20-8-7-18-19-12-16(19)14-36-24(18)23(20)26(32)33/h6-9,11,16,19,21,28H,3-5,10,12-14H2,1-2H3,(H,32,33)/t16-,19-,21+/m0/s1. The minimum atomic E-state index is -4.34. The van der Waals surface area contributed by atoms with E-state index in [0.29, 0.717) is 18.9 Å². The predicted octanol–water partition coefficient (Wildman–Crippen LogP) is 3.26. The van der Waals surface area contributed by atoms with Crippen molar-refractivity contribution in [2.24, 2.45) is 5.92 Å². The van der Waals surface area contributed by atoms with Gasteiger partial charge < -0.3 is 14.7 Å². The Hall–Kier alpha value is -3.18. The van der Waals surface area contributed by atoms with E-state index in [1.165, 1.54) is 11.0 Å². The van der Waals surface area contributed by atoms with Crippen molar-refractivity contribution in [3.63, 3.8) is 0 Å². The number of carbonyl (C=O) groups is 2. The van der Waals surface area contributed by atoms with E-state index < -0.39 is 21.8 Å². The van der Waals surface area contributed by atoms with Gasteiger partial charge in [-0.25, -0.2) is 17.6 Å². The number of ether oxygens (including phenoxy) is 1. The number of amides is 1. The van der Waals surface area contributed by atoms with Gasteiger partial charge in [0.1, 0.15) is 17.1 Å². The molecule has 0 aromatic heterocycles. The fourth-order valence-corrected chi connectivity index (χ4v) is 6.84. The Morgan fingerprint density at radius 3 is 2.78 bits per heavy atom. The van der Waals surface area contributed by atoms with Crippen LogP contribution in [0.3, 0.4) is 0 Å². The second kappa shape index (κ2) is 9.60. The van der Waals surface area contributed by atoms with Crippen LogP contribution < -0.4 is 9.46 Å². The van der Waals surface area contributed by atoms with E-state index in [4.69, 9.17) is 4.74 Å². The molecule has 2 heterocycles. The quantitative estimate of drug-likeness (QED) is 0.537. The van der Waals surface area contributed by atoms with Crippen LogP contribution in [0.1, 0.15) is 53.6 Å². The van der Waals surface area contributed by atoms with Crippen LogP contribution in [0.15, 0.2) is 35.2 Å². The van der Waals surface area contributed by atoms with E-state index in [1.807, 2.05) is 6.92 Å². The number of halogens is 1. The van der Waals surface area contributed by atoms with Gasteiger partial charge in [0.25, 0.3) is 10.0 Å². The maximum atomic E-state index is 14.2. The molecule has 2 aromatic carbocycles. The van der Waals surface area contributed by atoms with Gasteiger partial charge in [-0.15, -0.1) is 0 Å². The largest absolute Gasteiger partial charge is 0.492 e. The number of sulfonamides is 1. The molecule has 5 rings (SSSR count). The lowest BCUT2D eigenvalue weighted by atomic mass is 10.0. The molecular weight excluding hydrogens is 501 g/mol. The number of likely N-dealkylation sites (tertiary alicyclic amines) is 1. The van der Waals surface area contributed by atoms with Gasteiger partial charge in [0.2, 0.25) is 5.91 Å². The number of hydrogen-bond donors (Lipinski definition) is 2. The molecule has 3 aliphatic rings. The topological polar surface area (TPSA) is 116 Å². The van der Waals surface area contributed by atoms with Crippen molar-refractivity contribution >= 4 is 27.6 Å². The van der Waals surface area contributed by atoms with E-state index in [9.17, 15) is 27.5 Å². The zero-order valence-electron chi connectivity index (χ0n) is 20.7. The van der Waals surface area contributed by atoms with Gasteiger partial charge in [-0.05, 0) is 73.7 Å². The summed E-state index contributed by atoms with van der Waals surface area (Å²) in [5.74, 6) is -1.32. The number of nitrogens with one attached hydrogen (secondary N) is 1. The molecule has 2 N–H and O–H groups in total. The van der Waals surface area contributed by atoms with Gasteiger partial charge in [-0.2, -0.15) is 0 Å². The summed E-state index contributed by atoms with van der Waals surface area (Å²) >= 11 is 0. The fraction of sp³-hybridized carbons (Fsp3) is 0.462. The summed E-state index contributed by atoms with van der Waals surface area (Å²) in [6, 6.07) is 6.08. The highest BCUT2D eigenvalue weighted by Gasteiger charge is 2.45. The summed E-state index contributed by atoms with van der Waals surface area (Å²) in [4.78, 5) is 28.5. The monoisotopic (exact) mass is 531 g/mol. The Morgan fingerprint density at radius 2 is 2.05 bits per heavy atom. The predicted molar refractivity (Wildman–Crippen MR) is 134 cm³/mol. The second-order valence-electron chi connectivity index (χ2n) is 9.96. The number of nitrogens with zero attached hydrogens (tertiary/aromatic N) is 2. The van der Waals surface area contributed by atoms with E-state index in [0.717, 1.165) is 49.7 Å². The number of likely N-dealkylation sites (N-methyl/N-ethyl adjacent to an activating group) is 2. The summed E-state index contributed by atoms with van der Waals surface area (Å²) in [7, 11) is -2.77. The zero-order valence-corrected chi connectivity index (χ0v) is 21.6. The van der Waals surface area contributed by atoms with Gasteiger partial charge in [-0.1, -0.05) is 13.0 Å². The van der Waals surface area contributed by atoms with Crippen LogP contribution in [0, 0.1) is 11.7 Å². The average Bonchev–Trinajstić information content (AvgIpc) is 3.49. The summed E-state index contributed by atoms with van der Waals surface area (Å²) in [6.45, 7) is 3.80. The smallest absolute Gasteiger partial charge is 0.341 e. The summed E-state index contributed by atoms with van der Waals surface area (Å²) < 4.78 is 49.2. The molecule has 37 heavy (non-hydrogen) atoms. The second-order valence-corrected chi connectivity index (χ2v) is 11.6. The van der Waals surface area contributed by atoms with Gasteiger partial charge in [-0.3, -0.25) is 14.4 Å². The number of carboxylic acids is 1. The van der Waals surface area contributed by atoms with Crippen molar-refractivity contribution in [1.29, 1.82) is 0 Å². The third kappa shape index (κ3) is 4.77. The van der Waals surface area contributed by atoms with Crippen LogP contribution >= 0.6 is 0 Å². The summed E-state index contributed by atoms with van der Waals surface area (Å²) in [6.07, 6.45) is 2.53. The van der Waals surface area contributed by atoms with Gasteiger partial charge in [0, 0.05) is 19.5 Å². The van der Waals surface area contributed by atoms with E-state index >= 15 is 0 Å². The van der Waals surface area contributed by atoms with Crippen molar-refractivity contribution in [1.82, 2.24) is 9.80 Å². The number of benzene rings is 2. The van der Waals surface area contributed by atoms with Crippen LogP contribution in [-0.2, 0) is 21.4 Å². The molecule has 0 spiro atoms. The van der Waals surface area contributed by atoms with E-state index in [1.54, 1.807) is 13.1 Å². The van der Waals surface area contributed by atoms with Crippen molar-refractivity contribution in [2.75, 3.05) is 31.5 Å². The molecule has 1 aliphatic carbocycles. The highest BCUT2D eigenvalue weighted by Crippen LogP contribution is 2.55. The normalized spacial score (nSPS) is 22.5. The molecule has 0 unspecified atom stereocenters.